The summed E-state index contributed by atoms with van der Waals surface area (Å²) < 4.78 is 0. The van der Waals surface area contributed by atoms with Crippen molar-refractivity contribution < 1.29 is 0 Å². The fourth-order valence-electron chi connectivity index (χ4n) is 1.51. The second-order valence-corrected chi connectivity index (χ2v) is 9.72. The number of hydrogen-bond acceptors (Lipinski definition) is 0. The van der Waals surface area contributed by atoms with Crippen molar-refractivity contribution in [1.29, 1.82) is 0 Å². The Balaban J connectivity index is 2.56. The van der Waals surface area contributed by atoms with Gasteiger partial charge in [0, 0.05) is 6.08 Å². The second-order valence-electron chi connectivity index (χ2n) is 4.97. The van der Waals surface area contributed by atoms with Crippen LogP contribution < -0.4 is 0 Å². The lowest BCUT2D eigenvalue weighted by Gasteiger charge is -2.09. The van der Waals surface area contributed by atoms with E-state index in [4.69, 9.17) is 0 Å². The second kappa shape index (κ2) is 5.25. The predicted molar refractivity (Wildman–Crippen MR) is 65.8 cm³/mol. The molecule has 0 amide bonds. The highest BCUT2D eigenvalue weighted by atomic mass is 28.3. The lowest BCUT2D eigenvalue weighted by Crippen LogP contribution is -2.16. The molecule has 0 radical (unpaired) electrons. The normalized spacial score (nSPS) is 16.6. The van der Waals surface area contributed by atoms with Crippen molar-refractivity contribution >= 4 is 8.07 Å². The highest BCUT2D eigenvalue weighted by molar-refractivity contribution is 6.83. The third-order valence-electron chi connectivity index (χ3n) is 2.25. The van der Waals surface area contributed by atoms with Crippen molar-refractivity contribution in [2.45, 2.75) is 51.7 Å². The van der Waals surface area contributed by atoms with Gasteiger partial charge in [-0.15, -0.1) is 11.3 Å². The zero-order valence-corrected chi connectivity index (χ0v) is 10.6. The van der Waals surface area contributed by atoms with Gasteiger partial charge in [-0.05, 0) is 31.3 Å². The van der Waals surface area contributed by atoms with Gasteiger partial charge < -0.3 is 0 Å². The lowest BCUT2D eigenvalue weighted by atomic mass is 9.96. The van der Waals surface area contributed by atoms with Gasteiger partial charge in [-0.1, -0.05) is 32.0 Å². The van der Waals surface area contributed by atoms with Crippen LogP contribution in [0.25, 0.3) is 0 Å². The smallest absolute Gasteiger partial charge is 0.127 e. The van der Waals surface area contributed by atoms with Crippen LogP contribution >= 0.6 is 0 Å². The summed E-state index contributed by atoms with van der Waals surface area (Å²) in [5.74, 6) is 3.13. The first-order chi connectivity index (χ1) is 6.58. The van der Waals surface area contributed by atoms with E-state index in [0.717, 1.165) is 0 Å². The molecule has 1 aliphatic rings. The highest BCUT2D eigenvalue weighted by Gasteiger charge is 2.06. The van der Waals surface area contributed by atoms with Crippen molar-refractivity contribution in [2.75, 3.05) is 0 Å². The minimum Gasteiger partial charge on any atom is -0.127 e. The molecule has 0 aliphatic heterocycles. The molecule has 0 saturated heterocycles. The van der Waals surface area contributed by atoms with E-state index in [9.17, 15) is 0 Å². The van der Waals surface area contributed by atoms with E-state index in [2.05, 4.69) is 36.8 Å². The summed E-state index contributed by atoms with van der Waals surface area (Å²) in [5.41, 5.74) is 8.13. The van der Waals surface area contributed by atoms with Gasteiger partial charge in [-0.3, -0.25) is 0 Å². The molecule has 0 spiro atoms. The molecule has 14 heavy (non-hydrogen) atoms. The van der Waals surface area contributed by atoms with E-state index >= 15 is 0 Å². The van der Waals surface area contributed by atoms with Crippen LogP contribution in [0.3, 0.4) is 0 Å². The Labute approximate surface area is 89.1 Å². The standard InChI is InChI=1S/C13H20Si/c1-14(2,3)12-8-7-11-13-9-5-4-6-10-13/h7H,4-6,9-10H2,1-3H3. The van der Waals surface area contributed by atoms with E-state index in [1.54, 1.807) is 0 Å². The van der Waals surface area contributed by atoms with Gasteiger partial charge >= 0.3 is 0 Å². The average molecular weight is 204 g/mol. The first kappa shape index (κ1) is 11.4. The van der Waals surface area contributed by atoms with Gasteiger partial charge in [-0.25, -0.2) is 0 Å². The zero-order chi connectivity index (χ0) is 10.4. The molecule has 1 saturated carbocycles. The summed E-state index contributed by atoms with van der Waals surface area (Å²) in [6, 6.07) is 0. The third kappa shape index (κ3) is 5.12. The molecule has 1 aliphatic carbocycles. The molecule has 1 heteroatoms. The minimum absolute atomic E-state index is 1.19. The quantitative estimate of drug-likeness (QED) is 0.319. The molecule has 0 aromatic carbocycles. The number of allylic oxidation sites excluding steroid dienone is 1. The van der Waals surface area contributed by atoms with Crippen LogP contribution in [0, 0.1) is 11.5 Å². The maximum atomic E-state index is 3.33. The number of rotatable bonds is 0. The Morgan fingerprint density at radius 1 is 1.07 bits per heavy atom. The van der Waals surface area contributed by atoms with Gasteiger partial charge in [0.1, 0.15) is 8.07 Å². The maximum absolute atomic E-state index is 3.33. The Morgan fingerprint density at radius 2 is 1.71 bits per heavy atom. The molecule has 0 unspecified atom stereocenters. The molecule has 0 aromatic heterocycles. The Morgan fingerprint density at radius 3 is 2.29 bits per heavy atom. The summed E-state index contributed by atoms with van der Waals surface area (Å²) in [7, 11) is -1.19. The molecule has 0 heterocycles. The fourth-order valence-corrected chi connectivity index (χ4v) is 2.02. The van der Waals surface area contributed by atoms with Crippen LogP contribution in [-0.2, 0) is 0 Å². The lowest BCUT2D eigenvalue weighted by molar-refractivity contribution is 0.600. The molecule has 1 rings (SSSR count). The molecule has 0 N–H and O–H groups in total. The summed E-state index contributed by atoms with van der Waals surface area (Å²) in [6.07, 6.45) is 8.50. The maximum Gasteiger partial charge on any atom is 0.129 e. The SMILES string of the molecule is C[Si](C)(C)C#CC=C=C1CCCCC1. The molecular formula is C13H20Si. The van der Waals surface area contributed by atoms with E-state index in [1.807, 2.05) is 6.08 Å². The molecule has 1 fully saturated rings. The molecule has 76 valence electrons. The Bertz CT molecular complexity index is 292. The molecule has 0 bridgehead atoms. The van der Waals surface area contributed by atoms with Crippen LogP contribution in [0.4, 0.5) is 0 Å². The average Bonchev–Trinajstić information content (AvgIpc) is 2.13. The van der Waals surface area contributed by atoms with Crippen molar-refractivity contribution in [2.24, 2.45) is 0 Å². The van der Waals surface area contributed by atoms with E-state index in [0.29, 0.717) is 0 Å². The topological polar surface area (TPSA) is 0 Å². The van der Waals surface area contributed by atoms with Crippen LogP contribution in [0.5, 0.6) is 0 Å². The molecule has 0 atom stereocenters. The molecular weight excluding hydrogens is 184 g/mol. The summed E-state index contributed by atoms with van der Waals surface area (Å²) >= 11 is 0. The fraction of sp³-hybridized carbons (Fsp3) is 0.615. The summed E-state index contributed by atoms with van der Waals surface area (Å²) in [4.78, 5) is 0. The van der Waals surface area contributed by atoms with E-state index in [-0.39, 0.29) is 0 Å². The molecule has 0 aromatic rings. The first-order valence-electron chi connectivity index (χ1n) is 5.53. The van der Waals surface area contributed by atoms with Crippen molar-refractivity contribution in [3.05, 3.63) is 17.4 Å². The number of hydrogen-bond donors (Lipinski definition) is 0. The van der Waals surface area contributed by atoms with Crippen molar-refractivity contribution in [3.63, 3.8) is 0 Å². The Kier molecular flexibility index (Phi) is 4.26. The van der Waals surface area contributed by atoms with Crippen molar-refractivity contribution in [3.8, 4) is 11.5 Å². The largest absolute Gasteiger partial charge is 0.129 e. The molecule has 0 nitrogen and oxygen atoms in total. The first-order valence-corrected chi connectivity index (χ1v) is 9.03. The van der Waals surface area contributed by atoms with Gasteiger partial charge in [0.2, 0.25) is 0 Å². The van der Waals surface area contributed by atoms with Gasteiger partial charge in [0.05, 0.1) is 0 Å². The Hall–Kier alpha value is -0.703. The van der Waals surface area contributed by atoms with Crippen LogP contribution in [0.1, 0.15) is 32.1 Å². The zero-order valence-electron chi connectivity index (χ0n) is 9.61. The van der Waals surface area contributed by atoms with Crippen molar-refractivity contribution in [1.82, 2.24) is 0 Å². The van der Waals surface area contributed by atoms with Crippen LogP contribution in [0.2, 0.25) is 19.6 Å². The van der Waals surface area contributed by atoms with E-state index < -0.39 is 8.07 Å². The van der Waals surface area contributed by atoms with Gasteiger partial charge in [0.15, 0.2) is 0 Å². The highest BCUT2D eigenvalue weighted by Crippen LogP contribution is 2.21. The van der Waals surface area contributed by atoms with Gasteiger partial charge in [0.25, 0.3) is 0 Å². The van der Waals surface area contributed by atoms with Crippen LogP contribution in [-0.4, -0.2) is 8.07 Å². The predicted octanol–water partition coefficient (Wildman–Crippen LogP) is 3.91. The summed E-state index contributed by atoms with van der Waals surface area (Å²) in [6.45, 7) is 6.80. The van der Waals surface area contributed by atoms with E-state index in [1.165, 1.54) is 37.7 Å². The third-order valence-corrected chi connectivity index (χ3v) is 3.15. The van der Waals surface area contributed by atoms with Crippen LogP contribution in [0.15, 0.2) is 17.4 Å². The minimum atomic E-state index is -1.19. The van der Waals surface area contributed by atoms with Gasteiger partial charge in [-0.2, -0.15) is 0 Å². The monoisotopic (exact) mass is 204 g/mol. The summed E-state index contributed by atoms with van der Waals surface area (Å²) in [5, 5.41) is 0.